The molecule has 2 nitrogen and oxygen atoms in total. The lowest BCUT2D eigenvalue weighted by atomic mass is 9.92. The van der Waals surface area contributed by atoms with Crippen LogP contribution in [0.25, 0.3) is 0 Å². The second-order valence-electron chi connectivity index (χ2n) is 5.50. The molecule has 1 aliphatic rings. The molecular weight excluding hydrogens is 208 g/mol. The van der Waals surface area contributed by atoms with Crippen molar-refractivity contribution in [3.05, 3.63) is 29.3 Å². The second-order valence-corrected chi connectivity index (χ2v) is 5.50. The number of hydrogen-bond donors (Lipinski definition) is 1. The Kier molecular flexibility index (Phi) is 3.72. The summed E-state index contributed by atoms with van der Waals surface area (Å²) in [4.78, 5) is 2.55. The van der Waals surface area contributed by atoms with Crippen molar-refractivity contribution in [2.24, 2.45) is 11.7 Å². The van der Waals surface area contributed by atoms with E-state index in [4.69, 9.17) is 5.73 Å². The van der Waals surface area contributed by atoms with Crippen LogP contribution in [0, 0.1) is 12.8 Å². The van der Waals surface area contributed by atoms with Crippen LogP contribution in [-0.4, -0.2) is 12.6 Å². The Labute approximate surface area is 105 Å². The van der Waals surface area contributed by atoms with E-state index in [1.165, 1.54) is 36.2 Å². The quantitative estimate of drug-likeness (QED) is 0.849. The van der Waals surface area contributed by atoms with Crippen LogP contribution < -0.4 is 10.6 Å². The van der Waals surface area contributed by atoms with Gasteiger partial charge in [-0.05, 0) is 49.8 Å². The number of aryl methyl sites for hydroxylation is 1. The fourth-order valence-corrected chi connectivity index (χ4v) is 2.93. The van der Waals surface area contributed by atoms with Gasteiger partial charge in [-0.15, -0.1) is 0 Å². The zero-order valence-corrected chi connectivity index (χ0v) is 11.2. The summed E-state index contributed by atoms with van der Waals surface area (Å²) in [6.07, 6.45) is 2.61. The van der Waals surface area contributed by atoms with E-state index in [0.29, 0.717) is 12.6 Å². The maximum atomic E-state index is 5.68. The van der Waals surface area contributed by atoms with Crippen LogP contribution in [0.4, 0.5) is 5.69 Å². The Hall–Kier alpha value is -1.02. The first-order valence-corrected chi connectivity index (χ1v) is 6.68. The minimum atomic E-state index is 0.633. The molecule has 0 radical (unpaired) electrons. The third-order valence-electron chi connectivity index (χ3n) is 3.94. The Morgan fingerprint density at radius 3 is 2.71 bits per heavy atom. The summed E-state index contributed by atoms with van der Waals surface area (Å²) in [7, 11) is 0. The summed E-state index contributed by atoms with van der Waals surface area (Å²) in [6, 6.07) is 7.28. The van der Waals surface area contributed by atoms with Crippen LogP contribution in [0.1, 0.15) is 37.8 Å². The first kappa shape index (κ1) is 12.4. The number of piperidine rings is 1. The third-order valence-corrected chi connectivity index (χ3v) is 3.94. The third kappa shape index (κ3) is 2.63. The summed E-state index contributed by atoms with van der Waals surface area (Å²) < 4.78 is 0. The molecule has 0 amide bonds. The Morgan fingerprint density at radius 1 is 1.35 bits per heavy atom. The molecular formula is C15H24N2. The molecule has 0 spiro atoms. The molecule has 2 heteroatoms. The maximum Gasteiger partial charge on any atom is 0.0398 e. The molecule has 2 atom stereocenters. The lowest BCUT2D eigenvalue weighted by Gasteiger charge is -2.39. The lowest BCUT2D eigenvalue weighted by Crippen LogP contribution is -2.40. The van der Waals surface area contributed by atoms with Crippen molar-refractivity contribution in [3.8, 4) is 0 Å². The van der Waals surface area contributed by atoms with E-state index in [-0.39, 0.29) is 0 Å². The summed E-state index contributed by atoms with van der Waals surface area (Å²) >= 11 is 0. The predicted molar refractivity (Wildman–Crippen MR) is 74.3 cm³/mol. The number of hydrogen-bond acceptors (Lipinski definition) is 2. The largest absolute Gasteiger partial charge is 0.369 e. The van der Waals surface area contributed by atoms with Gasteiger partial charge in [0.2, 0.25) is 0 Å². The molecule has 1 fully saturated rings. The molecule has 0 bridgehead atoms. The van der Waals surface area contributed by atoms with Crippen LogP contribution in [0.3, 0.4) is 0 Å². The van der Waals surface area contributed by atoms with E-state index >= 15 is 0 Å². The lowest BCUT2D eigenvalue weighted by molar-refractivity contribution is 0.377. The maximum absolute atomic E-state index is 5.68. The minimum Gasteiger partial charge on any atom is -0.369 e. The zero-order chi connectivity index (χ0) is 12.4. The predicted octanol–water partition coefficient (Wildman–Crippen LogP) is 3.08. The molecule has 1 aromatic carbocycles. The SMILES string of the molecule is Cc1cc(CN)ccc1N1CCC(C)CC1C. The monoisotopic (exact) mass is 232 g/mol. The van der Waals surface area contributed by atoms with Gasteiger partial charge in [0.05, 0.1) is 0 Å². The van der Waals surface area contributed by atoms with Crippen molar-refractivity contribution < 1.29 is 0 Å². The highest BCUT2D eigenvalue weighted by molar-refractivity contribution is 5.55. The molecule has 1 saturated heterocycles. The van der Waals surface area contributed by atoms with Gasteiger partial charge in [-0.1, -0.05) is 19.1 Å². The highest BCUT2D eigenvalue weighted by atomic mass is 15.2. The zero-order valence-electron chi connectivity index (χ0n) is 11.2. The van der Waals surface area contributed by atoms with Gasteiger partial charge >= 0.3 is 0 Å². The van der Waals surface area contributed by atoms with Crippen molar-refractivity contribution >= 4 is 5.69 Å². The molecule has 1 aromatic rings. The smallest absolute Gasteiger partial charge is 0.0398 e. The summed E-state index contributed by atoms with van der Waals surface area (Å²) in [5.41, 5.74) is 9.65. The average Bonchev–Trinajstić information content (AvgIpc) is 2.30. The number of anilines is 1. The number of benzene rings is 1. The first-order chi connectivity index (χ1) is 8.11. The van der Waals surface area contributed by atoms with Crippen LogP contribution >= 0.6 is 0 Å². The first-order valence-electron chi connectivity index (χ1n) is 6.68. The van der Waals surface area contributed by atoms with E-state index in [1.807, 2.05) is 0 Å². The Bertz CT molecular complexity index is 387. The molecule has 0 aromatic heterocycles. The fraction of sp³-hybridized carbons (Fsp3) is 0.600. The normalized spacial score (nSPS) is 25.1. The van der Waals surface area contributed by atoms with Crippen LogP contribution in [0.2, 0.25) is 0 Å². The highest BCUT2D eigenvalue weighted by Gasteiger charge is 2.23. The fourth-order valence-electron chi connectivity index (χ4n) is 2.93. The number of nitrogens with two attached hydrogens (primary N) is 1. The second kappa shape index (κ2) is 5.09. The molecule has 2 unspecified atom stereocenters. The number of rotatable bonds is 2. The van der Waals surface area contributed by atoms with Gasteiger partial charge in [0.1, 0.15) is 0 Å². The van der Waals surface area contributed by atoms with Crippen LogP contribution in [-0.2, 0) is 6.54 Å². The summed E-state index contributed by atoms with van der Waals surface area (Å²) in [5, 5.41) is 0. The van der Waals surface area contributed by atoms with Crippen molar-refractivity contribution in [1.29, 1.82) is 0 Å². The van der Waals surface area contributed by atoms with Gasteiger partial charge in [0, 0.05) is 24.8 Å². The Balaban J connectivity index is 2.22. The average molecular weight is 232 g/mol. The van der Waals surface area contributed by atoms with E-state index < -0.39 is 0 Å². The molecule has 2 N–H and O–H groups in total. The van der Waals surface area contributed by atoms with Gasteiger partial charge in [-0.2, -0.15) is 0 Å². The molecule has 1 aliphatic heterocycles. The minimum absolute atomic E-state index is 0.633. The van der Waals surface area contributed by atoms with E-state index in [9.17, 15) is 0 Å². The molecule has 94 valence electrons. The van der Waals surface area contributed by atoms with Gasteiger partial charge in [0.15, 0.2) is 0 Å². The standard InChI is InChI=1S/C15H24N2/c1-11-6-7-17(13(3)8-11)15-5-4-14(10-16)9-12(15)2/h4-5,9,11,13H,6-8,10,16H2,1-3H3. The summed E-state index contributed by atoms with van der Waals surface area (Å²) in [5.74, 6) is 0.866. The van der Waals surface area contributed by atoms with Crippen molar-refractivity contribution in [2.75, 3.05) is 11.4 Å². The van der Waals surface area contributed by atoms with Gasteiger partial charge < -0.3 is 10.6 Å². The van der Waals surface area contributed by atoms with Crippen molar-refractivity contribution in [3.63, 3.8) is 0 Å². The summed E-state index contributed by atoms with van der Waals surface area (Å²) in [6.45, 7) is 8.71. The molecule has 0 saturated carbocycles. The topological polar surface area (TPSA) is 29.3 Å². The van der Waals surface area contributed by atoms with Gasteiger partial charge in [-0.3, -0.25) is 0 Å². The number of nitrogens with zero attached hydrogens (tertiary/aromatic N) is 1. The van der Waals surface area contributed by atoms with E-state index in [1.54, 1.807) is 0 Å². The van der Waals surface area contributed by atoms with Crippen LogP contribution in [0.5, 0.6) is 0 Å². The van der Waals surface area contributed by atoms with Gasteiger partial charge in [-0.25, -0.2) is 0 Å². The molecule has 1 heterocycles. The Morgan fingerprint density at radius 2 is 2.12 bits per heavy atom. The van der Waals surface area contributed by atoms with Gasteiger partial charge in [0.25, 0.3) is 0 Å². The highest BCUT2D eigenvalue weighted by Crippen LogP contribution is 2.30. The van der Waals surface area contributed by atoms with Crippen LogP contribution in [0.15, 0.2) is 18.2 Å². The molecule has 0 aliphatic carbocycles. The molecule has 2 rings (SSSR count). The van der Waals surface area contributed by atoms with E-state index in [2.05, 4.69) is 43.9 Å². The van der Waals surface area contributed by atoms with Crippen molar-refractivity contribution in [2.45, 2.75) is 46.2 Å². The van der Waals surface area contributed by atoms with Crippen molar-refractivity contribution in [1.82, 2.24) is 0 Å². The van der Waals surface area contributed by atoms with E-state index in [0.717, 1.165) is 5.92 Å². The molecule has 17 heavy (non-hydrogen) atoms.